The van der Waals surface area contributed by atoms with E-state index in [0.29, 0.717) is 11.1 Å². The summed E-state index contributed by atoms with van der Waals surface area (Å²) in [5.41, 5.74) is 11.3. The normalized spacial score (nSPS) is 15.1. The number of hydrogen-bond acceptors (Lipinski definition) is 2. The second-order valence-corrected chi connectivity index (χ2v) is 4.25. The zero-order valence-electron chi connectivity index (χ0n) is 10.3. The van der Waals surface area contributed by atoms with Crippen molar-refractivity contribution in [3.8, 4) is 0 Å². The topological polar surface area (TPSA) is 86.2 Å². The summed E-state index contributed by atoms with van der Waals surface area (Å²) >= 11 is 0. The van der Waals surface area contributed by atoms with Crippen molar-refractivity contribution in [3.05, 3.63) is 23.3 Å². The lowest BCUT2D eigenvalue weighted by atomic mass is 9.91. The molecule has 2 amide bonds. The molecule has 0 atom stereocenters. The molecule has 0 aliphatic heterocycles. The molecule has 0 aliphatic carbocycles. The molecule has 0 heterocycles. The van der Waals surface area contributed by atoms with Gasteiger partial charge in [-0.25, -0.2) is 0 Å². The highest BCUT2D eigenvalue weighted by Gasteiger charge is 2.11. The van der Waals surface area contributed by atoms with E-state index in [1.54, 1.807) is 26.0 Å². The first-order valence-electron chi connectivity index (χ1n) is 5.22. The highest BCUT2D eigenvalue weighted by molar-refractivity contribution is 5.92. The SMILES string of the molecule is CC(=CC(C=C(C)C(N)=O)C(C)C)C(N)=O. The average Bonchev–Trinajstić information content (AvgIpc) is 2.15. The molecule has 90 valence electrons. The van der Waals surface area contributed by atoms with Crippen LogP contribution in [0, 0.1) is 11.8 Å². The molecule has 0 saturated carbocycles. The smallest absolute Gasteiger partial charge is 0.244 e. The van der Waals surface area contributed by atoms with Crippen LogP contribution < -0.4 is 11.5 Å². The zero-order chi connectivity index (χ0) is 12.9. The van der Waals surface area contributed by atoms with Gasteiger partial charge in [0.2, 0.25) is 11.8 Å². The van der Waals surface area contributed by atoms with Crippen LogP contribution in [0.2, 0.25) is 0 Å². The molecule has 16 heavy (non-hydrogen) atoms. The van der Waals surface area contributed by atoms with Gasteiger partial charge in [0.1, 0.15) is 0 Å². The van der Waals surface area contributed by atoms with Crippen molar-refractivity contribution in [2.75, 3.05) is 0 Å². The minimum atomic E-state index is -0.448. The minimum absolute atomic E-state index is 0.0139. The molecule has 0 rings (SSSR count). The van der Waals surface area contributed by atoms with Crippen LogP contribution in [0.4, 0.5) is 0 Å². The van der Waals surface area contributed by atoms with Crippen molar-refractivity contribution in [2.24, 2.45) is 23.3 Å². The zero-order valence-corrected chi connectivity index (χ0v) is 10.3. The fourth-order valence-electron chi connectivity index (χ4n) is 1.17. The fraction of sp³-hybridized carbons (Fsp3) is 0.500. The van der Waals surface area contributed by atoms with Gasteiger partial charge >= 0.3 is 0 Å². The van der Waals surface area contributed by atoms with Crippen molar-refractivity contribution in [1.29, 1.82) is 0 Å². The minimum Gasteiger partial charge on any atom is -0.366 e. The van der Waals surface area contributed by atoms with Gasteiger partial charge in [0.25, 0.3) is 0 Å². The molecule has 0 spiro atoms. The Hall–Kier alpha value is -1.58. The highest BCUT2D eigenvalue weighted by atomic mass is 16.1. The first kappa shape index (κ1) is 14.4. The van der Waals surface area contributed by atoms with Crippen LogP contribution in [0.15, 0.2) is 23.3 Å². The summed E-state index contributed by atoms with van der Waals surface area (Å²) in [6.45, 7) is 7.32. The molecule has 0 aromatic heterocycles. The number of carbonyl (C=O) groups is 2. The maximum Gasteiger partial charge on any atom is 0.244 e. The van der Waals surface area contributed by atoms with Crippen LogP contribution >= 0.6 is 0 Å². The number of hydrogen-bond donors (Lipinski definition) is 2. The van der Waals surface area contributed by atoms with E-state index in [-0.39, 0.29) is 11.8 Å². The standard InChI is InChI=1S/C12H20N2O2/c1-7(2)10(5-8(3)11(13)15)6-9(4)12(14)16/h5-7,10H,1-4H3,(H2,13,15)(H2,14,16). The summed E-state index contributed by atoms with van der Waals surface area (Å²) in [5.74, 6) is -0.643. The third kappa shape index (κ3) is 4.77. The van der Waals surface area contributed by atoms with Crippen LogP contribution in [0.3, 0.4) is 0 Å². The lowest BCUT2D eigenvalue weighted by molar-refractivity contribution is -0.115. The van der Waals surface area contributed by atoms with E-state index < -0.39 is 11.8 Å². The molecule has 0 radical (unpaired) electrons. The number of amides is 2. The third-order valence-electron chi connectivity index (χ3n) is 2.43. The van der Waals surface area contributed by atoms with Crippen LogP contribution in [0.5, 0.6) is 0 Å². The van der Waals surface area contributed by atoms with E-state index in [0.717, 1.165) is 0 Å². The summed E-state index contributed by atoms with van der Waals surface area (Å²) in [6, 6.07) is 0. The Balaban J connectivity index is 5.05. The molecule has 0 aliphatic rings. The highest BCUT2D eigenvalue weighted by Crippen LogP contribution is 2.18. The van der Waals surface area contributed by atoms with Gasteiger partial charge in [0, 0.05) is 11.1 Å². The first-order chi connectivity index (χ1) is 7.25. The second-order valence-electron chi connectivity index (χ2n) is 4.25. The monoisotopic (exact) mass is 224 g/mol. The molecule has 0 bridgehead atoms. The predicted molar refractivity (Wildman–Crippen MR) is 64.2 cm³/mol. The molecule has 0 fully saturated rings. The van der Waals surface area contributed by atoms with Crippen LogP contribution in [0.25, 0.3) is 0 Å². The van der Waals surface area contributed by atoms with Crippen LogP contribution in [-0.2, 0) is 9.59 Å². The van der Waals surface area contributed by atoms with E-state index in [2.05, 4.69) is 0 Å². The maximum absolute atomic E-state index is 10.9. The molecule has 0 saturated heterocycles. The molecule has 0 unspecified atom stereocenters. The van der Waals surface area contributed by atoms with Gasteiger partial charge in [0.15, 0.2) is 0 Å². The predicted octanol–water partition coefficient (Wildman–Crippen LogP) is 1.12. The van der Waals surface area contributed by atoms with Gasteiger partial charge in [-0.1, -0.05) is 26.0 Å². The van der Waals surface area contributed by atoms with Crippen molar-refractivity contribution in [3.63, 3.8) is 0 Å². The lowest BCUT2D eigenvalue weighted by Crippen LogP contribution is -2.16. The van der Waals surface area contributed by atoms with Gasteiger partial charge in [0.05, 0.1) is 0 Å². The molecule has 4 N–H and O–H groups in total. The van der Waals surface area contributed by atoms with Gasteiger partial charge in [-0.05, 0) is 25.7 Å². The molecule has 0 aromatic rings. The Bertz CT molecular complexity index is 311. The van der Waals surface area contributed by atoms with Crippen molar-refractivity contribution in [1.82, 2.24) is 0 Å². The maximum atomic E-state index is 10.9. The molecular weight excluding hydrogens is 204 g/mol. The van der Waals surface area contributed by atoms with Crippen molar-refractivity contribution in [2.45, 2.75) is 27.7 Å². The lowest BCUT2D eigenvalue weighted by Gasteiger charge is -2.14. The summed E-state index contributed by atoms with van der Waals surface area (Å²) in [6.07, 6.45) is 3.53. The first-order valence-corrected chi connectivity index (χ1v) is 5.22. The molecule has 4 heteroatoms. The largest absolute Gasteiger partial charge is 0.366 e. The van der Waals surface area contributed by atoms with E-state index >= 15 is 0 Å². The van der Waals surface area contributed by atoms with Gasteiger partial charge < -0.3 is 11.5 Å². The third-order valence-corrected chi connectivity index (χ3v) is 2.43. The van der Waals surface area contributed by atoms with E-state index in [1.807, 2.05) is 13.8 Å². The number of allylic oxidation sites excluding steroid dienone is 2. The average molecular weight is 224 g/mol. The van der Waals surface area contributed by atoms with E-state index in [1.165, 1.54) is 0 Å². The second kappa shape index (κ2) is 6.10. The Kier molecular flexibility index (Phi) is 5.50. The van der Waals surface area contributed by atoms with Crippen molar-refractivity contribution >= 4 is 11.8 Å². The molecular formula is C12H20N2O2. The Labute approximate surface area is 96.4 Å². The summed E-state index contributed by atoms with van der Waals surface area (Å²) in [4.78, 5) is 21.8. The van der Waals surface area contributed by atoms with Crippen molar-refractivity contribution < 1.29 is 9.59 Å². The number of rotatable bonds is 5. The van der Waals surface area contributed by atoms with Crippen LogP contribution in [0.1, 0.15) is 27.7 Å². The van der Waals surface area contributed by atoms with Gasteiger partial charge in [-0.2, -0.15) is 0 Å². The molecule has 0 aromatic carbocycles. The quantitative estimate of drug-likeness (QED) is 0.686. The molecule has 4 nitrogen and oxygen atoms in total. The van der Waals surface area contributed by atoms with Crippen LogP contribution in [-0.4, -0.2) is 11.8 Å². The van der Waals surface area contributed by atoms with Gasteiger partial charge in [-0.15, -0.1) is 0 Å². The van der Waals surface area contributed by atoms with E-state index in [9.17, 15) is 9.59 Å². The fourth-order valence-corrected chi connectivity index (χ4v) is 1.17. The van der Waals surface area contributed by atoms with Gasteiger partial charge in [-0.3, -0.25) is 9.59 Å². The summed E-state index contributed by atoms with van der Waals surface area (Å²) in [7, 11) is 0. The summed E-state index contributed by atoms with van der Waals surface area (Å²) in [5, 5.41) is 0. The number of primary amides is 2. The Morgan fingerprint density at radius 2 is 1.25 bits per heavy atom. The number of nitrogens with two attached hydrogens (primary N) is 2. The Morgan fingerprint density at radius 3 is 1.44 bits per heavy atom. The Morgan fingerprint density at radius 1 is 0.938 bits per heavy atom. The summed E-state index contributed by atoms with van der Waals surface area (Å²) < 4.78 is 0. The number of carbonyl (C=O) groups excluding carboxylic acids is 2. The van der Waals surface area contributed by atoms with E-state index in [4.69, 9.17) is 11.5 Å².